The maximum atomic E-state index is 10.9. The lowest BCUT2D eigenvalue weighted by molar-refractivity contribution is -0.142. The van der Waals surface area contributed by atoms with Crippen molar-refractivity contribution >= 4 is 14.4 Å². The van der Waals surface area contributed by atoms with E-state index in [2.05, 4.69) is 4.98 Å². The maximum Gasteiger partial charge on any atom is 0.324 e. The van der Waals surface area contributed by atoms with Crippen LogP contribution in [0.5, 0.6) is 0 Å². The summed E-state index contributed by atoms with van der Waals surface area (Å²) in [6.45, 7) is 0. The number of rotatable bonds is 4. The molecule has 0 amide bonds. The Labute approximate surface area is 87.0 Å². The number of carboxylic acid groups (broad SMARTS) is 1. The Morgan fingerprint density at radius 3 is 2.67 bits per heavy atom. The fourth-order valence-electron chi connectivity index (χ4n) is 1.08. The predicted molar refractivity (Wildman–Crippen MR) is 54.1 cm³/mol. The highest BCUT2D eigenvalue weighted by Gasteiger charge is 2.41. The number of pyridine rings is 1. The summed E-state index contributed by atoms with van der Waals surface area (Å²) >= 11 is 0. The third-order valence-corrected chi connectivity index (χ3v) is 3.01. The Morgan fingerprint density at radius 2 is 2.27 bits per heavy atom. The second kappa shape index (κ2) is 4.53. The van der Waals surface area contributed by atoms with E-state index in [9.17, 15) is 14.5 Å². The number of aliphatic carboxylic acids is 1. The zero-order chi connectivity index (χ0) is 11.5. The summed E-state index contributed by atoms with van der Waals surface area (Å²) in [6, 6.07) is 2.88. The van der Waals surface area contributed by atoms with Crippen LogP contribution in [0, 0.1) is 0 Å². The summed E-state index contributed by atoms with van der Waals surface area (Å²) < 4.78 is 10.9. The molecule has 0 saturated heterocycles. The number of carboxylic acids is 1. The van der Waals surface area contributed by atoms with Crippen molar-refractivity contribution in [3.63, 3.8) is 0 Å². The fraction of sp³-hybridized carbons (Fsp3) is 0.250. The molecule has 15 heavy (non-hydrogen) atoms. The topological polar surface area (TPSA) is 114 Å². The van der Waals surface area contributed by atoms with Crippen LogP contribution in [0.2, 0.25) is 0 Å². The van der Waals surface area contributed by atoms with Crippen LogP contribution in [-0.4, -0.2) is 27.2 Å². The Kier molecular flexibility index (Phi) is 3.57. The molecule has 0 aliphatic carbocycles. The molecule has 7 heteroatoms. The average Bonchev–Trinajstić information content (AvgIpc) is 2.28. The van der Waals surface area contributed by atoms with Crippen LogP contribution in [0.15, 0.2) is 24.4 Å². The monoisotopic (exact) mass is 230 g/mol. The maximum absolute atomic E-state index is 10.9. The van der Waals surface area contributed by atoms with Gasteiger partial charge in [0.1, 0.15) is 14.5 Å². The summed E-state index contributed by atoms with van der Waals surface area (Å²) in [5.74, 6) is -1.42. The smallest absolute Gasteiger partial charge is 0.324 e. The van der Waals surface area contributed by atoms with E-state index in [1.54, 1.807) is 12.1 Å². The van der Waals surface area contributed by atoms with E-state index in [1.165, 1.54) is 12.3 Å². The first-order chi connectivity index (χ1) is 7.02. The lowest BCUT2D eigenvalue weighted by Crippen LogP contribution is -2.47. The molecule has 1 rings (SSSR count). The van der Waals surface area contributed by atoms with E-state index in [-0.39, 0.29) is 5.69 Å². The van der Waals surface area contributed by atoms with Gasteiger partial charge in [0.25, 0.3) is 0 Å². The molecule has 0 aromatic carbocycles. The second-order valence-electron chi connectivity index (χ2n) is 2.97. The minimum absolute atomic E-state index is 0.00454. The van der Waals surface area contributed by atoms with Gasteiger partial charge in [-0.05, 0) is 12.1 Å². The Hall–Kier alpha value is -1.23. The van der Waals surface area contributed by atoms with Crippen molar-refractivity contribution in [3.8, 4) is 0 Å². The van der Waals surface area contributed by atoms with Crippen LogP contribution in [-0.2, 0) is 14.7 Å². The molecular weight excluding hydrogens is 219 g/mol. The van der Waals surface area contributed by atoms with Crippen molar-refractivity contribution < 1.29 is 19.6 Å². The molecule has 4 N–H and O–H groups in total. The number of nitrogens with two attached hydrogens (primary N) is 1. The van der Waals surface area contributed by atoms with Gasteiger partial charge in [0.15, 0.2) is 5.34 Å². The van der Waals surface area contributed by atoms with Crippen LogP contribution in [0.3, 0.4) is 0 Å². The van der Waals surface area contributed by atoms with Gasteiger partial charge in [-0.25, -0.2) is 0 Å². The minimum Gasteiger partial charge on any atom is -0.480 e. The van der Waals surface area contributed by atoms with Gasteiger partial charge >= 0.3 is 5.97 Å². The molecule has 0 aliphatic heterocycles. The zero-order valence-corrected chi connectivity index (χ0v) is 8.85. The minimum atomic E-state index is -2.09. The molecule has 0 aliphatic rings. The third kappa shape index (κ3) is 2.23. The number of nitrogens with zero attached hydrogens (tertiary/aromatic N) is 1. The third-order valence-electron chi connectivity index (χ3n) is 2.00. The van der Waals surface area contributed by atoms with Gasteiger partial charge in [-0.2, -0.15) is 0 Å². The van der Waals surface area contributed by atoms with E-state index in [0.29, 0.717) is 0 Å². The van der Waals surface area contributed by atoms with Gasteiger partial charge in [0, 0.05) is 6.20 Å². The van der Waals surface area contributed by atoms with E-state index in [1.807, 2.05) is 0 Å². The molecule has 0 spiro atoms. The molecule has 1 aromatic heterocycles. The van der Waals surface area contributed by atoms with Crippen LogP contribution in [0.1, 0.15) is 5.69 Å². The number of aromatic nitrogens is 1. The van der Waals surface area contributed by atoms with Gasteiger partial charge < -0.3 is 20.5 Å². The molecule has 3 atom stereocenters. The van der Waals surface area contributed by atoms with E-state index in [4.69, 9.17) is 10.8 Å². The van der Waals surface area contributed by atoms with E-state index >= 15 is 0 Å². The Bertz CT molecular complexity index is 372. The highest BCUT2D eigenvalue weighted by Crippen LogP contribution is 2.33. The standard InChI is InChI=1S/C8H11N2O4P/c9-6(7(11)12)8(13,15-14)5-3-1-2-4-10-5/h1-4,6,13H,9,15H2,(H,11,12). The van der Waals surface area contributed by atoms with Crippen LogP contribution < -0.4 is 5.73 Å². The molecule has 0 bridgehead atoms. The number of aliphatic hydroxyl groups is 1. The lowest BCUT2D eigenvalue weighted by Gasteiger charge is -2.25. The van der Waals surface area contributed by atoms with Gasteiger partial charge in [0.2, 0.25) is 0 Å². The van der Waals surface area contributed by atoms with Crippen molar-refractivity contribution in [2.45, 2.75) is 11.4 Å². The van der Waals surface area contributed by atoms with Crippen LogP contribution >= 0.6 is 8.46 Å². The summed E-state index contributed by atoms with van der Waals surface area (Å²) in [5.41, 5.74) is 5.27. The van der Waals surface area contributed by atoms with Crippen molar-refractivity contribution in [2.24, 2.45) is 5.73 Å². The van der Waals surface area contributed by atoms with Gasteiger partial charge in [0.05, 0.1) is 5.69 Å². The molecule has 6 nitrogen and oxygen atoms in total. The molecule has 82 valence electrons. The quantitative estimate of drug-likeness (QED) is 0.595. The number of hydrogen-bond donors (Lipinski definition) is 3. The van der Waals surface area contributed by atoms with Crippen molar-refractivity contribution in [3.05, 3.63) is 30.1 Å². The van der Waals surface area contributed by atoms with Crippen LogP contribution in [0.4, 0.5) is 0 Å². The summed E-state index contributed by atoms with van der Waals surface area (Å²) in [5, 5.41) is 16.5. The van der Waals surface area contributed by atoms with E-state index < -0.39 is 25.8 Å². The van der Waals surface area contributed by atoms with E-state index in [0.717, 1.165) is 0 Å². The van der Waals surface area contributed by atoms with Gasteiger partial charge in [-0.15, -0.1) is 0 Å². The lowest BCUT2D eigenvalue weighted by atomic mass is 10.1. The molecule has 0 saturated carbocycles. The second-order valence-corrected chi connectivity index (χ2v) is 4.09. The Morgan fingerprint density at radius 1 is 1.60 bits per heavy atom. The van der Waals surface area contributed by atoms with Crippen molar-refractivity contribution in [1.82, 2.24) is 4.98 Å². The first-order valence-electron chi connectivity index (χ1n) is 4.11. The highest BCUT2D eigenvalue weighted by atomic mass is 31.1. The molecule has 0 radical (unpaired) electrons. The summed E-state index contributed by atoms with van der Waals surface area (Å²) in [7, 11) is -1.82. The molecule has 0 fully saturated rings. The molecule has 1 aromatic rings. The molecular formula is C8H11N2O4P. The summed E-state index contributed by atoms with van der Waals surface area (Å²) in [6.07, 6.45) is 1.37. The Balaban J connectivity index is 3.16. The predicted octanol–water partition coefficient (Wildman–Crippen LogP) is -0.605. The van der Waals surface area contributed by atoms with Gasteiger partial charge in [-0.3, -0.25) is 9.78 Å². The largest absolute Gasteiger partial charge is 0.480 e. The summed E-state index contributed by atoms with van der Waals surface area (Å²) in [4.78, 5) is 14.4. The normalized spacial score (nSPS) is 17.5. The first-order valence-corrected chi connectivity index (χ1v) is 5.16. The molecule has 1 heterocycles. The van der Waals surface area contributed by atoms with Crippen molar-refractivity contribution in [2.75, 3.05) is 0 Å². The average molecular weight is 230 g/mol. The first kappa shape index (κ1) is 11.8. The number of carbonyl (C=O) groups is 1. The molecule has 3 unspecified atom stereocenters. The van der Waals surface area contributed by atoms with Crippen LogP contribution in [0.25, 0.3) is 0 Å². The highest BCUT2D eigenvalue weighted by molar-refractivity contribution is 7.25. The zero-order valence-electron chi connectivity index (χ0n) is 7.70. The number of hydrogen-bond acceptors (Lipinski definition) is 5. The van der Waals surface area contributed by atoms with Gasteiger partial charge in [-0.1, -0.05) is 6.07 Å². The van der Waals surface area contributed by atoms with Crippen molar-refractivity contribution in [1.29, 1.82) is 0 Å². The SMILES string of the molecule is NC(C(=O)O)C(O)([PH2]=O)c1ccccn1. The fourth-order valence-corrected chi connectivity index (χ4v) is 1.66.